The SMILES string of the molecule is O=S(=O)(c1ccccc1)C(CCCCl)c1ccccc1. The first-order chi connectivity index (χ1) is 9.66. The van der Waals surface area contributed by atoms with Gasteiger partial charge in [0.25, 0.3) is 0 Å². The van der Waals surface area contributed by atoms with Gasteiger partial charge >= 0.3 is 0 Å². The Bertz CT molecular complexity index is 624. The molecule has 20 heavy (non-hydrogen) atoms. The van der Waals surface area contributed by atoms with Crippen LogP contribution in [0.5, 0.6) is 0 Å². The molecule has 2 aromatic rings. The summed E-state index contributed by atoms with van der Waals surface area (Å²) in [5.74, 6) is 0.466. The zero-order valence-electron chi connectivity index (χ0n) is 11.1. The molecule has 0 saturated carbocycles. The van der Waals surface area contributed by atoms with E-state index in [2.05, 4.69) is 0 Å². The van der Waals surface area contributed by atoms with E-state index in [1.807, 2.05) is 36.4 Å². The number of rotatable bonds is 6. The fourth-order valence-corrected chi connectivity index (χ4v) is 4.22. The van der Waals surface area contributed by atoms with Crippen molar-refractivity contribution in [3.8, 4) is 0 Å². The van der Waals surface area contributed by atoms with Crippen LogP contribution in [0.15, 0.2) is 65.6 Å². The lowest BCUT2D eigenvalue weighted by atomic mass is 10.1. The van der Waals surface area contributed by atoms with Crippen molar-refractivity contribution >= 4 is 21.4 Å². The predicted molar refractivity (Wildman–Crippen MR) is 82.8 cm³/mol. The molecule has 2 rings (SSSR count). The summed E-state index contributed by atoms with van der Waals surface area (Å²) in [6, 6.07) is 17.9. The van der Waals surface area contributed by atoms with Gasteiger partial charge in [-0.15, -0.1) is 11.6 Å². The molecule has 106 valence electrons. The van der Waals surface area contributed by atoms with Crippen molar-refractivity contribution in [3.63, 3.8) is 0 Å². The van der Waals surface area contributed by atoms with Crippen molar-refractivity contribution in [3.05, 3.63) is 66.2 Å². The van der Waals surface area contributed by atoms with Gasteiger partial charge in [0.2, 0.25) is 0 Å². The van der Waals surface area contributed by atoms with Crippen LogP contribution in [-0.2, 0) is 9.84 Å². The predicted octanol–water partition coefficient (Wildman–Crippen LogP) is 4.22. The first kappa shape index (κ1) is 15.1. The highest BCUT2D eigenvalue weighted by Crippen LogP contribution is 2.32. The largest absolute Gasteiger partial charge is 0.223 e. The van der Waals surface area contributed by atoms with Gasteiger partial charge in [-0.3, -0.25) is 0 Å². The Morgan fingerprint density at radius 3 is 2.00 bits per heavy atom. The Morgan fingerprint density at radius 2 is 1.45 bits per heavy atom. The fourth-order valence-electron chi connectivity index (χ4n) is 2.21. The lowest BCUT2D eigenvalue weighted by Crippen LogP contribution is -2.14. The molecule has 0 heterocycles. The first-order valence-corrected chi connectivity index (χ1v) is 8.64. The maximum absolute atomic E-state index is 12.8. The number of alkyl halides is 1. The summed E-state index contributed by atoms with van der Waals surface area (Å²) in [6.07, 6.45) is 1.21. The number of benzene rings is 2. The molecule has 0 aliphatic rings. The molecule has 0 bridgehead atoms. The summed E-state index contributed by atoms with van der Waals surface area (Å²) < 4.78 is 25.6. The average Bonchev–Trinajstić information content (AvgIpc) is 2.49. The zero-order valence-corrected chi connectivity index (χ0v) is 12.6. The van der Waals surface area contributed by atoms with Crippen LogP contribution in [0.2, 0.25) is 0 Å². The van der Waals surface area contributed by atoms with E-state index in [4.69, 9.17) is 11.6 Å². The Kier molecular flexibility index (Phi) is 5.21. The van der Waals surface area contributed by atoms with Gasteiger partial charge in [-0.2, -0.15) is 0 Å². The highest BCUT2D eigenvalue weighted by molar-refractivity contribution is 7.91. The van der Waals surface area contributed by atoms with E-state index in [1.165, 1.54) is 0 Å². The second-order valence-electron chi connectivity index (χ2n) is 4.59. The van der Waals surface area contributed by atoms with Gasteiger partial charge in [-0.05, 0) is 30.5 Å². The van der Waals surface area contributed by atoms with Gasteiger partial charge in [0.1, 0.15) is 0 Å². The molecule has 0 aliphatic carbocycles. The van der Waals surface area contributed by atoms with Crippen molar-refractivity contribution in [2.75, 3.05) is 5.88 Å². The maximum atomic E-state index is 12.8. The Balaban J connectivity index is 2.41. The summed E-state index contributed by atoms with van der Waals surface area (Å²) in [5.41, 5.74) is 0.821. The molecule has 0 amide bonds. The van der Waals surface area contributed by atoms with Gasteiger partial charge < -0.3 is 0 Å². The normalized spacial score (nSPS) is 13.1. The van der Waals surface area contributed by atoms with Crippen LogP contribution in [0.1, 0.15) is 23.7 Å². The summed E-state index contributed by atoms with van der Waals surface area (Å²) in [4.78, 5) is 0.364. The number of hydrogen-bond acceptors (Lipinski definition) is 2. The lowest BCUT2D eigenvalue weighted by Gasteiger charge is -2.18. The molecule has 0 radical (unpaired) electrons. The Morgan fingerprint density at radius 1 is 0.900 bits per heavy atom. The second kappa shape index (κ2) is 6.91. The summed E-state index contributed by atoms with van der Waals surface area (Å²) >= 11 is 5.73. The lowest BCUT2D eigenvalue weighted by molar-refractivity contribution is 0.574. The monoisotopic (exact) mass is 308 g/mol. The Labute approximate surface area is 125 Å². The molecule has 2 nitrogen and oxygen atoms in total. The minimum Gasteiger partial charge on any atom is -0.223 e. The third kappa shape index (κ3) is 3.41. The quantitative estimate of drug-likeness (QED) is 0.749. The molecule has 1 atom stereocenters. The van der Waals surface area contributed by atoms with Crippen LogP contribution in [0.3, 0.4) is 0 Å². The van der Waals surface area contributed by atoms with Crippen molar-refractivity contribution in [1.82, 2.24) is 0 Å². The van der Waals surface area contributed by atoms with Gasteiger partial charge in [0, 0.05) is 5.88 Å². The summed E-state index contributed by atoms with van der Waals surface area (Å²) in [7, 11) is -3.39. The van der Waals surface area contributed by atoms with Crippen molar-refractivity contribution in [1.29, 1.82) is 0 Å². The molecular weight excluding hydrogens is 292 g/mol. The molecule has 0 aliphatic heterocycles. The van der Waals surface area contributed by atoms with Crippen LogP contribution < -0.4 is 0 Å². The smallest absolute Gasteiger partial charge is 0.185 e. The number of halogens is 1. The van der Waals surface area contributed by atoms with E-state index < -0.39 is 15.1 Å². The van der Waals surface area contributed by atoms with E-state index in [9.17, 15) is 8.42 Å². The van der Waals surface area contributed by atoms with Crippen LogP contribution in [0.25, 0.3) is 0 Å². The molecule has 0 spiro atoms. The van der Waals surface area contributed by atoms with Gasteiger partial charge in [0.15, 0.2) is 9.84 Å². The van der Waals surface area contributed by atoms with E-state index in [-0.39, 0.29) is 0 Å². The highest BCUT2D eigenvalue weighted by atomic mass is 35.5. The van der Waals surface area contributed by atoms with Crippen LogP contribution in [0.4, 0.5) is 0 Å². The zero-order chi connectivity index (χ0) is 14.4. The average molecular weight is 309 g/mol. The van der Waals surface area contributed by atoms with Crippen LogP contribution in [-0.4, -0.2) is 14.3 Å². The van der Waals surface area contributed by atoms with Crippen molar-refractivity contribution < 1.29 is 8.42 Å². The number of hydrogen-bond donors (Lipinski definition) is 0. The molecule has 2 aromatic carbocycles. The second-order valence-corrected chi connectivity index (χ2v) is 7.10. The standard InChI is InChI=1S/C16H17ClO2S/c17-13-7-12-16(14-8-3-1-4-9-14)20(18,19)15-10-5-2-6-11-15/h1-6,8-11,16H,7,12-13H2. The summed E-state index contributed by atoms with van der Waals surface area (Å²) in [6.45, 7) is 0. The van der Waals surface area contributed by atoms with E-state index in [0.29, 0.717) is 23.6 Å². The molecule has 0 N–H and O–H groups in total. The molecule has 0 aromatic heterocycles. The topological polar surface area (TPSA) is 34.1 Å². The van der Waals surface area contributed by atoms with E-state index in [1.54, 1.807) is 24.3 Å². The molecular formula is C16H17ClO2S. The van der Waals surface area contributed by atoms with E-state index in [0.717, 1.165) is 5.56 Å². The third-order valence-electron chi connectivity index (χ3n) is 3.22. The maximum Gasteiger partial charge on any atom is 0.185 e. The van der Waals surface area contributed by atoms with Crippen LogP contribution >= 0.6 is 11.6 Å². The molecule has 4 heteroatoms. The first-order valence-electron chi connectivity index (χ1n) is 6.56. The van der Waals surface area contributed by atoms with Gasteiger partial charge in [0.05, 0.1) is 10.1 Å². The molecule has 0 saturated heterocycles. The Hall–Kier alpha value is -1.32. The van der Waals surface area contributed by atoms with Crippen molar-refractivity contribution in [2.45, 2.75) is 23.0 Å². The van der Waals surface area contributed by atoms with Crippen molar-refractivity contribution in [2.24, 2.45) is 0 Å². The van der Waals surface area contributed by atoms with Crippen LogP contribution in [0, 0.1) is 0 Å². The summed E-state index contributed by atoms with van der Waals surface area (Å²) in [5, 5.41) is -0.537. The van der Waals surface area contributed by atoms with E-state index >= 15 is 0 Å². The highest BCUT2D eigenvalue weighted by Gasteiger charge is 2.28. The van der Waals surface area contributed by atoms with Gasteiger partial charge in [-0.1, -0.05) is 48.5 Å². The third-order valence-corrected chi connectivity index (χ3v) is 5.67. The van der Waals surface area contributed by atoms with Gasteiger partial charge in [-0.25, -0.2) is 8.42 Å². The fraction of sp³-hybridized carbons (Fsp3) is 0.250. The molecule has 0 fully saturated rings. The minimum absolute atomic E-state index is 0.364. The number of sulfone groups is 1. The minimum atomic E-state index is -3.39. The molecule has 1 unspecified atom stereocenters.